The first-order valence-corrected chi connectivity index (χ1v) is 14.7. The molecule has 0 unspecified atom stereocenters. The maximum Gasteiger partial charge on any atom is 0.161 e. The van der Waals surface area contributed by atoms with Gasteiger partial charge in [0.25, 0.3) is 0 Å². The molecular weight excluding hydrogens is 434 g/mol. The highest BCUT2D eigenvalue weighted by molar-refractivity contribution is 6.54. The lowest BCUT2D eigenvalue weighted by molar-refractivity contribution is 0.146. The number of hydrogen-bond acceptors (Lipinski definition) is 2. The van der Waals surface area contributed by atoms with Gasteiger partial charge in [0.1, 0.15) is 26.6 Å². The molecule has 186 valence electrons. The lowest BCUT2D eigenvalue weighted by Crippen LogP contribution is -2.27. The number of benzene rings is 1. The standard InChI is InChI=1S/C28H44F2O2Si/c1-2-3-4-6-22-9-13-24(14-10-22)25-15-11-23(12-16-25)21-33-27-8-5-7-26(31-19-17-29)28(27)32-20-18-30/h5,7-8,22-25H,2-4,6,9-21H2,1H3. The molecule has 3 rings (SSSR count). The topological polar surface area (TPSA) is 18.5 Å². The van der Waals surface area contributed by atoms with Gasteiger partial charge in [0.05, 0.1) is 9.52 Å². The van der Waals surface area contributed by atoms with Gasteiger partial charge >= 0.3 is 0 Å². The maximum absolute atomic E-state index is 12.7. The highest BCUT2D eigenvalue weighted by atomic mass is 28.2. The molecule has 2 aliphatic carbocycles. The van der Waals surface area contributed by atoms with Gasteiger partial charge in [-0.1, -0.05) is 76.5 Å². The molecule has 0 N–H and O–H groups in total. The van der Waals surface area contributed by atoms with Crippen LogP contribution in [0.15, 0.2) is 18.2 Å². The van der Waals surface area contributed by atoms with E-state index in [9.17, 15) is 8.78 Å². The van der Waals surface area contributed by atoms with E-state index < -0.39 is 13.3 Å². The highest BCUT2D eigenvalue weighted by Gasteiger charge is 2.30. The largest absolute Gasteiger partial charge is 0.487 e. The van der Waals surface area contributed by atoms with Gasteiger partial charge in [0, 0.05) is 0 Å². The molecule has 0 amide bonds. The number of para-hydroxylation sites is 1. The van der Waals surface area contributed by atoms with Gasteiger partial charge in [0.15, 0.2) is 11.5 Å². The smallest absolute Gasteiger partial charge is 0.161 e. The number of halogens is 2. The Bertz CT molecular complexity index is 655. The molecule has 0 aromatic heterocycles. The second kappa shape index (κ2) is 15.0. The predicted molar refractivity (Wildman–Crippen MR) is 135 cm³/mol. The van der Waals surface area contributed by atoms with Crippen LogP contribution in [0.4, 0.5) is 8.78 Å². The van der Waals surface area contributed by atoms with Crippen LogP contribution >= 0.6 is 0 Å². The summed E-state index contributed by atoms with van der Waals surface area (Å²) in [4.78, 5) is 0. The van der Waals surface area contributed by atoms with Crippen molar-refractivity contribution in [3.05, 3.63) is 18.2 Å². The van der Waals surface area contributed by atoms with Crippen molar-refractivity contribution in [2.45, 2.75) is 90.0 Å². The predicted octanol–water partition coefficient (Wildman–Crippen LogP) is 7.32. The van der Waals surface area contributed by atoms with Crippen LogP contribution in [0.25, 0.3) is 0 Å². The van der Waals surface area contributed by atoms with E-state index in [2.05, 4.69) is 13.0 Å². The van der Waals surface area contributed by atoms with Gasteiger partial charge in [-0.15, -0.1) is 0 Å². The summed E-state index contributed by atoms with van der Waals surface area (Å²) in [5, 5.41) is 1.09. The summed E-state index contributed by atoms with van der Waals surface area (Å²) in [6.07, 6.45) is 17.0. The van der Waals surface area contributed by atoms with Crippen molar-refractivity contribution in [3.63, 3.8) is 0 Å². The molecule has 0 bridgehead atoms. The molecule has 1 aromatic carbocycles. The molecule has 33 heavy (non-hydrogen) atoms. The first-order chi connectivity index (χ1) is 16.2. The van der Waals surface area contributed by atoms with Crippen LogP contribution in [0, 0.1) is 23.7 Å². The van der Waals surface area contributed by atoms with E-state index in [1.54, 1.807) is 6.07 Å². The molecular formula is C28H44F2O2Si. The van der Waals surface area contributed by atoms with Gasteiger partial charge < -0.3 is 9.47 Å². The molecule has 5 heteroatoms. The first kappa shape index (κ1) is 26.5. The van der Waals surface area contributed by atoms with E-state index in [0.29, 0.717) is 21.0 Å². The fraction of sp³-hybridized carbons (Fsp3) is 0.786. The second-order valence-electron chi connectivity index (χ2n) is 10.1. The molecule has 0 saturated heterocycles. The molecule has 0 aliphatic heterocycles. The van der Waals surface area contributed by atoms with Crippen LogP contribution in [0.1, 0.15) is 84.0 Å². The Labute approximate surface area is 203 Å². The zero-order valence-corrected chi connectivity index (χ0v) is 21.6. The SMILES string of the molecule is CCCCCC1CCC(C2CCC(C[Si]c3cccc(OCCF)c3OCCF)CC2)CC1. The van der Waals surface area contributed by atoms with Crippen LogP contribution < -0.4 is 14.7 Å². The monoisotopic (exact) mass is 478 g/mol. The molecule has 1 aromatic rings. The zero-order chi connectivity index (χ0) is 23.3. The Hall–Kier alpha value is -1.10. The van der Waals surface area contributed by atoms with Crippen molar-refractivity contribution in [2.75, 3.05) is 26.6 Å². The third-order valence-corrected chi connectivity index (χ3v) is 9.44. The van der Waals surface area contributed by atoms with Crippen LogP contribution in [0.2, 0.25) is 6.04 Å². The molecule has 0 atom stereocenters. The Morgan fingerprint density at radius 1 is 0.818 bits per heavy atom. The summed E-state index contributed by atoms with van der Waals surface area (Å²) in [7, 11) is 0.620. The lowest BCUT2D eigenvalue weighted by Gasteiger charge is -2.38. The van der Waals surface area contributed by atoms with E-state index >= 15 is 0 Å². The third-order valence-electron chi connectivity index (χ3n) is 7.88. The van der Waals surface area contributed by atoms with Crippen molar-refractivity contribution >= 4 is 14.7 Å². The minimum Gasteiger partial charge on any atom is -0.487 e. The van der Waals surface area contributed by atoms with Gasteiger partial charge in [0.2, 0.25) is 0 Å². The molecule has 0 heterocycles. The van der Waals surface area contributed by atoms with Gasteiger partial charge in [-0.3, -0.25) is 0 Å². The van der Waals surface area contributed by atoms with Crippen molar-refractivity contribution in [2.24, 2.45) is 23.7 Å². The van der Waals surface area contributed by atoms with Crippen molar-refractivity contribution in [1.82, 2.24) is 0 Å². The molecule has 0 spiro atoms. The summed E-state index contributed by atoms with van der Waals surface area (Å²) >= 11 is 0. The average molecular weight is 479 g/mol. The van der Waals surface area contributed by atoms with Crippen LogP contribution in [-0.4, -0.2) is 36.1 Å². The summed E-state index contributed by atoms with van der Waals surface area (Å²) in [5.41, 5.74) is 0. The normalized spacial score (nSPS) is 25.7. The van der Waals surface area contributed by atoms with Crippen molar-refractivity contribution in [1.29, 1.82) is 0 Å². The molecule has 2 nitrogen and oxygen atoms in total. The minimum atomic E-state index is -0.543. The summed E-state index contributed by atoms with van der Waals surface area (Å²) in [6, 6.07) is 6.95. The summed E-state index contributed by atoms with van der Waals surface area (Å²) < 4.78 is 36.5. The number of ether oxygens (including phenoxy) is 2. The molecule has 2 aliphatic rings. The van der Waals surface area contributed by atoms with E-state index in [0.717, 1.165) is 34.9 Å². The molecule has 2 fully saturated rings. The first-order valence-electron chi connectivity index (χ1n) is 13.5. The van der Waals surface area contributed by atoms with Gasteiger partial charge in [-0.2, -0.15) is 0 Å². The van der Waals surface area contributed by atoms with E-state index in [-0.39, 0.29) is 13.2 Å². The zero-order valence-electron chi connectivity index (χ0n) is 20.6. The second-order valence-corrected chi connectivity index (χ2v) is 11.4. The van der Waals surface area contributed by atoms with Crippen LogP contribution in [0.3, 0.4) is 0 Å². The van der Waals surface area contributed by atoms with Gasteiger partial charge in [-0.25, -0.2) is 8.78 Å². The van der Waals surface area contributed by atoms with Crippen LogP contribution in [-0.2, 0) is 0 Å². The van der Waals surface area contributed by atoms with Crippen molar-refractivity contribution in [3.8, 4) is 11.5 Å². The Morgan fingerprint density at radius 2 is 1.45 bits per heavy atom. The minimum absolute atomic E-state index is 0.00319. The van der Waals surface area contributed by atoms with Gasteiger partial charge in [-0.05, 0) is 60.6 Å². The van der Waals surface area contributed by atoms with Crippen LogP contribution in [0.5, 0.6) is 11.5 Å². The summed E-state index contributed by atoms with van der Waals surface area (Å²) in [5.74, 6) is 4.85. The van der Waals surface area contributed by atoms with E-state index in [4.69, 9.17) is 9.47 Å². The quantitative estimate of drug-likeness (QED) is 0.206. The number of rotatable bonds is 14. The van der Waals surface area contributed by atoms with E-state index in [1.807, 2.05) is 6.07 Å². The Kier molecular flexibility index (Phi) is 12.1. The van der Waals surface area contributed by atoms with Crippen molar-refractivity contribution < 1.29 is 18.3 Å². The number of alkyl halides is 2. The maximum atomic E-state index is 12.7. The number of hydrogen-bond donors (Lipinski definition) is 0. The summed E-state index contributed by atoms with van der Waals surface area (Å²) in [6.45, 7) is 1.24. The Balaban J connectivity index is 1.42. The number of unbranched alkanes of at least 4 members (excludes halogenated alkanes) is 2. The molecule has 2 radical (unpaired) electrons. The van der Waals surface area contributed by atoms with E-state index in [1.165, 1.54) is 77.0 Å². The lowest BCUT2D eigenvalue weighted by atomic mass is 9.69. The third kappa shape index (κ3) is 8.56. The average Bonchev–Trinajstić information content (AvgIpc) is 2.86. The fourth-order valence-corrected chi connectivity index (χ4v) is 7.44. The highest BCUT2D eigenvalue weighted by Crippen LogP contribution is 2.43. The fourth-order valence-electron chi connectivity index (χ4n) is 5.96. The molecule has 2 saturated carbocycles. The Morgan fingerprint density at radius 3 is 2.09 bits per heavy atom.